The van der Waals surface area contributed by atoms with Gasteiger partial charge in [-0.1, -0.05) is 12.1 Å². The molecule has 13 heavy (non-hydrogen) atoms. The van der Waals surface area contributed by atoms with E-state index in [1.54, 1.807) is 6.07 Å². The molecule has 0 saturated carbocycles. The normalized spacial score (nSPS) is 9.46. The number of benzene rings is 1. The van der Waals surface area contributed by atoms with Gasteiger partial charge in [-0.25, -0.2) is 0 Å². The van der Waals surface area contributed by atoms with Gasteiger partial charge in [0.15, 0.2) is 0 Å². The molecule has 1 aromatic carbocycles. The van der Waals surface area contributed by atoms with E-state index < -0.39 is 5.37 Å². The number of halogens is 1. The van der Waals surface area contributed by atoms with Crippen LogP contribution in [0.2, 0.25) is 0 Å². The topological polar surface area (TPSA) is 32.3 Å². The van der Waals surface area contributed by atoms with Crippen molar-refractivity contribution < 1.29 is 4.79 Å². The van der Waals surface area contributed by atoms with Gasteiger partial charge >= 0.3 is 5.37 Å². The number of hydrogen-bond donors (Lipinski definition) is 1. The molecule has 1 N–H and O–H groups in total. The summed E-state index contributed by atoms with van der Waals surface area (Å²) in [7, 11) is 3.80. The number of hydrogen-bond acceptors (Lipinski definition) is 2. The predicted molar refractivity (Wildman–Crippen MR) is 55.6 cm³/mol. The van der Waals surface area contributed by atoms with Gasteiger partial charge in [-0.3, -0.25) is 4.79 Å². The maximum Gasteiger partial charge on any atom is 0.318 e. The van der Waals surface area contributed by atoms with Gasteiger partial charge < -0.3 is 10.2 Å². The lowest BCUT2D eigenvalue weighted by molar-refractivity contribution is 0.269. The minimum atomic E-state index is -0.575. The van der Waals surface area contributed by atoms with Gasteiger partial charge in [0, 0.05) is 14.1 Å². The first-order valence-electron chi connectivity index (χ1n) is 3.84. The second kappa shape index (κ2) is 4.14. The fourth-order valence-electron chi connectivity index (χ4n) is 1.08. The van der Waals surface area contributed by atoms with Crippen molar-refractivity contribution in [2.24, 2.45) is 0 Å². The Morgan fingerprint density at radius 3 is 2.54 bits per heavy atom. The van der Waals surface area contributed by atoms with E-state index in [0.29, 0.717) is 5.69 Å². The SMILES string of the molecule is CN(C)c1ccccc1NC(=O)Cl. The first-order chi connectivity index (χ1) is 6.11. The Hall–Kier alpha value is -1.22. The molecule has 0 aliphatic heterocycles. The maximum atomic E-state index is 10.6. The Bertz CT molecular complexity index is 312. The lowest BCUT2D eigenvalue weighted by Gasteiger charge is -2.16. The number of carbonyl (C=O) groups excluding carboxylic acids is 1. The molecule has 0 heterocycles. The second-order valence-corrected chi connectivity index (χ2v) is 3.15. The van der Waals surface area contributed by atoms with Crippen molar-refractivity contribution >= 4 is 28.3 Å². The van der Waals surface area contributed by atoms with Gasteiger partial charge in [0.1, 0.15) is 0 Å². The number of carbonyl (C=O) groups is 1. The van der Waals surface area contributed by atoms with E-state index in [1.807, 2.05) is 37.2 Å². The summed E-state index contributed by atoms with van der Waals surface area (Å²) in [5.74, 6) is 0. The first-order valence-corrected chi connectivity index (χ1v) is 4.22. The summed E-state index contributed by atoms with van der Waals surface area (Å²) in [4.78, 5) is 12.5. The van der Waals surface area contributed by atoms with Crippen molar-refractivity contribution in [3.8, 4) is 0 Å². The van der Waals surface area contributed by atoms with Gasteiger partial charge in [0.2, 0.25) is 0 Å². The van der Waals surface area contributed by atoms with Gasteiger partial charge in [0.25, 0.3) is 0 Å². The van der Waals surface area contributed by atoms with Crippen molar-refractivity contribution in [3.05, 3.63) is 24.3 Å². The van der Waals surface area contributed by atoms with E-state index in [4.69, 9.17) is 11.6 Å². The summed E-state index contributed by atoms with van der Waals surface area (Å²) in [6, 6.07) is 7.45. The zero-order valence-electron chi connectivity index (χ0n) is 7.54. The van der Waals surface area contributed by atoms with Crippen molar-refractivity contribution in [3.63, 3.8) is 0 Å². The minimum absolute atomic E-state index is 0.575. The lowest BCUT2D eigenvalue weighted by atomic mass is 10.2. The summed E-state index contributed by atoms with van der Waals surface area (Å²) in [6.07, 6.45) is 0. The standard InChI is InChI=1S/C9H11ClN2O/c1-12(2)8-6-4-3-5-7(8)11-9(10)13/h3-6H,1-2H3,(H,11,13). The van der Waals surface area contributed by atoms with Crippen LogP contribution in [0.15, 0.2) is 24.3 Å². The highest BCUT2D eigenvalue weighted by Crippen LogP contribution is 2.23. The highest BCUT2D eigenvalue weighted by atomic mass is 35.5. The molecule has 4 heteroatoms. The van der Waals surface area contributed by atoms with Gasteiger partial charge in [-0.2, -0.15) is 0 Å². The third-order valence-corrected chi connectivity index (χ3v) is 1.71. The fourth-order valence-corrected chi connectivity index (χ4v) is 1.18. The number of rotatable bonds is 2. The van der Waals surface area contributed by atoms with E-state index in [-0.39, 0.29) is 0 Å². The van der Waals surface area contributed by atoms with Crippen molar-refractivity contribution in [2.45, 2.75) is 0 Å². The molecule has 0 aliphatic rings. The van der Waals surface area contributed by atoms with E-state index in [2.05, 4.69) is 5.32 Å². The number of nitrogens with one attached hydrogen (secondary N) is 1. The Morgan fingerprint density at radius 1 is 1.38 bits per heavy atom. The molecule has 70 valence electrons. The van der Waals surface area contributed by atoms with Crippen LogP contribution < -0.4 is 10.2 Å². The summed E-state index contributed by atoms with van der Waals surface area (Å²) >= 11 is 5.22. The zero-order valence-corrected chi connectivity index (χ0v) is 8.30. The molecule has 3 nitrogen and oxygen atoms in total. The molecule has 1 amide bonds. The smallest absolute Gasteiger partial charge is 0.318 e. The number of amides is 1. The Morgan fingerprint density at radius 2 is 2.00 bits per heavy atom. The first kappa shape index (κ1) is 9.86. The number of nitrogens with zero attached hydrogens (tertiary/aromatic N) is 1. The van der Waals surface area contributed by atoms with Crippen LogP contribution in [-0.4, -0.2) is 19.5 Å². The molecule has 0 radical (unpaired) electrons. The third kappa shape index (κ3) is 2.63. The Kier molecular flexibility index (Phi) is 3.14. The zero-order chi connectivity index (χ0) is 9.84. The molecule has 0 saturated heterocycles. The molecule has 0 spiro atoms. The molecule has 1 rings (SSSR count). The average molecular weight is 199 g/mol. The van der Waals surface area contributed by atoms with Gasteiger partial charge in [0.05, 0.1) is 11.4 Å². The van der Waals surface area contributed by atoms with Crippen LogP contribution in [-0.2, 0) is 0 Å². The quantitative estimate of drug-likeness (QED) is 0.585. The second-order valence-electron chi connectivity index (χ2n) is 2.81. The molecule has 0 unspecified atom stereocenters. The van der Waals surface area contributed by atoms with E-state index in [9.17, 15) is 4.79 Å². The van der Waals surface area contributed by atoms with Crippen LogP contribution in [0.25, 0.3) is 0 Å². The molecule has 0 fully saturated rings. The molecule has 0 aromatic heterocycles. The molecule has 0 bridgehead atoms. The number of anilines is 2. The van der Waals surface area contributed by atoms with Gasteiger partial charge in [-0.05, 0) is 23.7 Å². The average Bonchev–Trinajstić information content (AvgIpc) is 2.03. The van der Waals surface area contributed by atoms with E-state index >= 15 is 0 Å². The largest absolute Gasteiger partial charge is 0.376 e. The summed E-state index contributed by atoms with van der Waals surface area (Å²) in [6.45, 7) is 0. The van der Waals surface area contributed by atoms with Crippen molar-refractivity contribution in [1.82, 2.24) is 0 Å². The molecule has 0 aliphatic carbocycles. The third-order valence-electron chi connectivity index (χ3n) is 1.62. The van der Waals surface area contributed by atoms with Crippen LogP contribution in [0, 0.1) is 0 Å². The molecule has 1 aromatic rings. The summed E-state index contributed by atoms with van der Waals surface area (Å²) < 4.78 is 0. The van der Waals surface area contributed by atoms with Crippen LogP contribution in [0.5, 0.6) is 0 Å². The van der Waals surface area contributed by atoms with Crippen LogP contribution in [0.3, 0.4) is 0 Å². The Balaban J connectivity index is 2.97. The lowest BCUT2D eigenvalue weighted by Crippen LogP contribution is -2.12. The molecular weight excluding hydrogens is 188 g/mol. The van der Waals surface area contributed by atoms with E-state index in [0.717, 1.165) is 5.69 Å². The van der Waals surface area contributed by atoms with E-state index in [1.165, 1.54) is 0 Å². The van der Waals surface area contributed by atoms with Crippen molar-refractivity contribution in [2.75, 3.05) is 24.3 Å². The van der Waals surface area contributed by atoms with Crippen LogP contribution >= 0.6 is 11.6 Å². The molecule has 0 atom stereocenters. The highest BCUT2D eigenvalue weighted by Gasteiger charge is 2.04. The van der Waals surface area contributed by atoms with Crippen LogP contribution in [0.1, 0.15) is 0 Å². The fraction of sp³-hybridized carbons (Fsp3) is 0.222. The highest BCUT2D eigenvalue weighted by molar-refractivity contribution is 6.65. The predicted octanol–water partition coefficient (Wildman–Crippen LogP) is 2.52. The van der Waals surface area contributed by atoms with Gasteiger partial charge in [-0.15, -0.1) is 0 Å². The number of para-hydroxylation sites is 2. The summed E-state index contributed by atoms with van der Waals surface area (Å²) in [5, 5.41) is 1.96. The van der Waals surface area contributed by atoms with Crippen molar-refractivity contribution in [1.29, 1.82) is 0 Å². The maximum absolute atomic E-state index is 10.6. The Labute approximate surface area is 82.3 Å². The minimum Gasteiger partial charge on any atom is -0.376 e. The monoisotopic (exact) mass is 198 g/mol. The summed E-state index contributed by atoms with van der Waals surface area (Å²) in [5.41, 5.74) is 1.64. The molecular formula is C9H11ClN2O. The van der Waals surface area contributed by atoms with Crippen LogP contribution in [0.4, 0.5) is 16.2 Å².